The summed E-state index contributed by atoms with van der Waals surface area (Å²) in [5, 5.41) is 11.9. The molecule has 0 saturated heterocycles. The quantitative estimate of drug-likeness (QED) is 0.423. The van der Waals surface area contributed by atoms with E-state index in [1.54, 1.807) is 23.5 Å². The smallest absolute Gasteiger partial charge is 0.335 e. The lowest BCUT2D eigenvalue weighted by Gasteiger charge is -1.94. The second-order valence-electron chi connectivity index (χ2n) is 6.01. The Kier molecular flexibility index (Phi) is 13.7. The van der Waals surface area contributed by atoms with Gasteiger partial charge in [0, 0.05) is 16.6 Å². The number of aryl methyl sites for hydroxylation is 1. The van der Waals surface area contributed by atoms with Gasteiger partial charge >= 0.3 is 5.97 Å². The van der Waals surface area contributed by atoms with Gasteiger partial charge in [-0.25, -0.2) is 4.79 Å². The molecule has 0 amide bonds. The molecule has 2 rings (SSSR count). The van der Waals surface area contributed by atoms with E-state index < -0.39 is 5.97 Å². The number of rotatable bonds is 5. The SMILES string of the molecule is C/C=C\C.CC/C=C\N=C(C)CCC.Cc1csc2cc(C(=O)O)ccc12. The minimum Gasteiger partial charge on any atom is -0.478 e. The lowest BCUT2D eigenvalue weighted by atomic mass is 10.1. The van der Waals surface area contributed by atoms with Crippen molar-refractivity contribution in [3.05, 3.63) is 59.1 Å². The fourth-order valence-electron chi connectivity index (χ4n) is 2.01. The fraction of sp³-hybridized carbons (Fsp3) is 0.391. The third-order valence-corrected chi connectivity index (χ3v) is 4.66. The van der Waals surface area contributed by atoms with Gasteiger partial charge in [0.15, 0.2) is 0 Å². The summed E-state index contributed by atoms with van der Waals surface area (Å²) in [4.78, 5) is 14.9. The van der Waals surface area contributed by atoms with Crippen molar-refractivity contribution in [1.82, 2.24) is 0 Å². The van der Waals surface area contributed by atoms with Gasteiger partial charge in [0.2, 0.25) is 0 Å². The standard InChI is InChI=1S/C10H8O2S.C9H17N.C4H8/c1-6-5-13-9-4-7(10(11)12)2-3-8(6)9;1-4-6-8-10-9(3)7-5-2;1-3-4-2/h2-5H,1H3,(H,11,12);6,8H,4-5,7H2,1-3H3;3-4H,1-2H3/b;8-6-,10-9?;4-3-. The summed E-state index contributed by atoms with van der Waals surface area (Å²) in [5.41, 5.74) is 2.79. The van der Waals surface area contributed by atoms with Gasteiger partial charge in [0.05, 0.1) is 5.56 Å². The van der Waals surface area contributed by atoms with Gasteiger partial charge in [0.1, 0.15) is 0 Å². The zero-order chi connectivity index (χ0) is 20.7. The van der Waals surface area contributed by atoms with Crippen molar-refractivity contribution in [2.75, 3.05) is 0 Å². The molecule has 148 valence electrons. The van der Waals surface area contributed by atoms with Gasteiger partial charge in [-0.2, -0.15) is 0 Å². The first-order chi connectivity index (χ1) is 12.9. The van der Waals surface area contributed by atoms with E-state index in [1.165, 1.54) is 17.7 Å². The molecule has 4 heteroatoms. The summed E-state index contributed by atoms with van der Waals surface area (Å²) in [7, 11) is 0. The maximum Gasteiger partial charge on any atom is 0.335 e. The molecule has 0 aliphatic heterocycles. The van der Waals surface area contributed by atoms with Crippen LogP contribution in [0, 0.1) is 6.92 Å². The molecule has 1 aromatic carbocycles. The van der Waals surface area contributed by atoms with Crippen molar-refractivity contribution in [2.45, 2.75) is 60.8 Å². The van der Waals surface area contributed by atoms with Crippen molar-refractivity contribution in [3.8, 4) is 0 Å². The Bertz CT molecular complexity index is 766. The largest absolute Gasteiger partial charge is 0.478 e. The molecule has 0 spiro atoms. The molecule has 0 unspecified atom stereocenters. The topological polar surface area (TPSA) is 49.7 Å². The Labute approximate surface area is 168 Å². The second kappa shape index (κ2) is 14.9. The third kappa shape index (κ3) is 10.5. The van der Waals surface area contributed by atoms with E-state index in [0.717, 1.165) is 22.9 Å². The van der Waals surface area contributed by atoms with Gasteiger partial charge in [-0.05, 0) is 69.0 Å². The van der Waals surface area contributed by atoms with Crippen molar-refractivity contribution < 1.29 is 9.90 Å². The molecule has 1 N–H and O–H groups in total. The molecule has 0 aliphatic rings. The lowest BCUT2D eigenvalue weighted by Crippen LogP contribution is -1.94. The van der Waals surface area contributed by atoms with Crippen LogP contribution < -0.4 is 0 Å². The number of aliphatic imine (C=N–C) groups is 1. The fourth-order valence-corrected chi connectivity index (χ4v) is 2.99. The molecular weight excluding hydrogens is 354 g/mol. The molecule has 27 heavy (non-hydrogen) atoms. The van der Waals surface area contributed by atoms with Crippen LogP contribution in [0.1, 0.15) is 69.8 Å². The van der Waals surface area contributed by atoms with E-state index in [-0.39, 0.29) is 0 Å². The number of allylic oxidation sites excluding steroid dienone is 3. The van der Waals surface area contributed by atoms with Crippen LogP contribution in [-0.2, 0) is 0 Å². The lowest BCUT2D eigenvalue weighted by molar-refractivity contribution is 0.0697. The number of nitrogens with zero attached hydrogens (tertiary/aromatic N) is 1. The Morgan fingerprint density at radius 3 is 2.41 bits per heavy atom. The Balaban J connectivity index is 0.000000432. The van der Waals surface area contributed by atoms with E-state index >= 15 is 0 Å². The maximum absolute atomic E-state index is 10.7. The molecule has 1 aromatic heterocycles. The van der Waals surface area contributed by atoms with Crippen LogP contribution in [0.4, 0.5) is 0 Å². The number of thiophene rings is 1. The molecule has 0 radical (unpaired) electrons. The Morgan fingerprint density at radius 2 is 1.89 bits per heavy atom. The minimum absolute atomic E-state index is 0.356. The number of aromatic carboxylic acids is 1. The van der Waals surface area contributed by atoms with E-state index in [1.807, 2.05) is 50.6 Å². The number of carboxylic acids is 1. The minimum atomic E-state index is -0.868. The average molecular weight is 388 g/mol. The second-order valence-corrected chi connectivity index (χ2v) is 6.92. The van der Waals surface area contributed by atoms with Crippen molar-refractivity contribution in [1.29, 1.82) is 0 Å². The summed E-state index contributed by atoms with van der Waals surface area (Å²) in [5.74, 6) is -0.868. The van der Waals surface area contributed by atoms with E-state index in [9.17, 15) is 4.79 Å². The number of carboxylic acid groups (broad SMARTS) is 1. The first-order valence-corrected chi connectivity index (χ1v) is 10.3. The predicted octanol–water partition coefficient (Wildman–Crippen LogP) is 7.66. The predicted molar refractivity (Wildman–Crippen MR) is 121 cm³/mol. The van der Waals surface area contributed by atoms with Gasteiger partial charge in [-0.1, -0.05) is 44.6 Å². The van der Waals surface area contributed by atoms with E-state index in [2.05, 4.69) is 31.8 Å². The van der Waals surface area contributed by atoms with Crippen LogP contribution in [-0.4, -0.2) is 16.8 Å². The average Bonchev–Trinajstić information content (AvgIpc) is 3.03. The third-order valence-electron chi connectivity index (χ3n) is 3.60. The van der Waals surface area contributed by atoms with Crippen LogP contribution in [0.2, 0.25) is 0 Å². The number of carbonyl (C=O) groups is 1. The van der Waals surface area contributed by atoms with Crippen molar-refractivity contribution >= 4 is 33.1 Å². The van der Waals surface area contributed by atoms with Crippen LogP contribution in [0.25, 0.3) is 10.1 Å². The number of fused-ring (bicyclic) bond motifs is 1. The molecule has 1 heterocycles. The normalized spacial score (nSPS) is 11.3. The number of hydrogen-bond donors (Lipinski definition) is 1. The van der Waals surface area contributed by atoms with Crippen molar-refractivity contribution in [3.63, 3.8) is 0 Å². The number of hydrogen-bond acceptors (Lipinski definition) is 3. The highest BCUT2D eigenvalue weighted by atomic mass is 32.1. The Hall–Kier alpha value is -2.20. The first kappa shape index (κ1) is 24.8. The van der Waals surface area contributed by atoms with E-state index in [4.69, 9.17) is 5.11 Å². The van der Waals surface area contributed by atoms with Crippen LogP contribution in [0.15, 0.2) is 53.0 Å². The molecule has 0 atom stereocenters. The molecular formula is C23H33NO2S. The summed E-state index contributed by atoms with van der Waals surface area (Å²) in [6, 6.07) is 5.23. The molecule has 0 saturated carbocycles. The molecule has 0 aliphatic carbocycles. The highest BCUT2D eigenvalue weighted by molar-refractivity contribution is 7.17. The molecule has 3 nitrogen and oxygen atoms in total. The Morgan fingerprint density at radius 1 is 1.22 bits per heavy atom. The number of benzene rings is 1. The summed E-state index contributed by atoms with van der Waals surface area (Å²) in [6.45, 7) is 12.4. The maximum atomic E-state index is 10.7. The molecule has 0 bridgehead atoms. The van der Waals surface area contributed by atoms with E-state index in [0.29, 0.717) is 5.56 Å². The highest BCUT2D eigenvalue weighted by Gasteiger charge is 2.05. The van der Waals surface area contributed by atoms with Gasteiger partial charge in [0.25, 0.3) is 0 Å². The van der Waals surface area contributed by atoms with Gasteiger partial charge < -0.3 is 5.11 Å². The molecule has 2 aromatic rings. The zero-order valence-corrected chi connectivity index (χ0v) is 18.3. The molecule has 0 fully saturated rings. The zero-order valence-electron chi connectivity index (χ0n) is 17.5. The van der Waals surface area contributed by atoms with Crippen LogP contribution in [0.5, 0.6) is 0 Å². The summed E-state index contributed by atoms with van der Waals surface area (Å²) >= 11 is 1.58. The summed E-state index contributed by atoms with van der Waals surface area (Å²) < 4.78 is 1.04. The van der Waals surface area contributed by atoms with Crippen LogP contribution >= 0.6 is 11.3 Å². The van der Waals surface area contributed by atoms with Crippen molar-refractivity contribution in [2.24, 2.45) is 4.99 Å². The summed E-state index contributed by atoms with van der Waals surface area (Å²) in [6.07, 6.45) is 11.3. The highest BCUT2D eigenvalue weighted by Crippen LogP contribution is 2.26. The van der Waals surface area contributed by atoms with Crippen LogP contribution in [0.3, 0.4) is 0 Å². The monoisotopic (exact) mass is 387 g/mol. The van der Waals surface area contributed by atoms with Gasteiger partial charge in [-0.15, -0.1) is 11.3 Å². The van der Waals surface area contributed by atoms with Gasteiger partial charge in [-0.3, -0.25) is 4.99 Å². The first-order valence-electron chi connectivity index (χ1n) is 9.37.